The molecule has 1 aromatic carbocycles. The second-order valence-corrected chi connectivity index (χ2v) is 6.30. The van der Waals surface area contributed by atoms with Crippen LogP contribution in [0.3, 0.4) is 0 Å². The number of carbonyl (C=O) groups is 2. The van der Waals surface area contributed by atoms with E-state index >= 15 is 0 Å². The number of nitrogens with one attached hydrogen (secondary N) is 2. The number of hydrogen-bond donors (Lipinski definition) is 2. The Balaban J connectivity index is 1.82. The Morgan fingerprint density at radius 1 is 1.29 bits per heavy atom. The van der Waals surface area contributed by atoms with Gasteiger partial charge in [0.1, 0.15) is 11.4 Å². The summed E-state index contributed by atoms with van der Waals surface area (Å²) in [6, 6.07) is 4.16. The Morgan fingerprint density at radius 2 is 2.00 bits per heavy atom. The van der Waals surface area contributed by atoms with Crippen LogP contribution in [0.15, 0.2) is 22.7 Å². The summed E-state index contributed by atoms with van der Waals surface area (Å²) in [5.74, 6) is -0.687. The van der Waals surface area contributed by atoms with Gasteiger partial charge in [-0.15, -0.1) is 0 Å². The number of piperidine rings is 1. The lowest BCUT2D eigenvalue weighted by molar-refractivity contribution is -0.132. The highest BCUT2D eigenvalue weighted by Gasteiger charge is 2.51. The highest BCUT2D eigenvalue weighted by molar-refractivity contribution is 9.10. The Morgan fingerprint density at radius 3 is 2.67 bits per heavy atom. The Kier molecular flexibility index (Phi) is 3.71. The zero-order chi connectivity index (χ0) is 15.0. The first-order valence-electron chi connectivity index (χ1n) is 6.81. The normalized spacial score (nSPS) is 21.0. The fourth-order valence-electron chi connectivity index (χ4n) is 2.83. The van der Waals surface area contributed by atoms with Gasteiger partial charge in [0.15, 0.2) is 0 Å². The van der Waals surface area contributed by atoms with Gasteiger partial charge in [-0.05, 0) is 38.1 Å². The molecule has 0 aromatic heterocycles. The number of nitrogens with zero attached hydrogens (tertiary/aromatic N) is 1. The van der Waals surface area contributed by atoms with Crippen LogP contribution in [0.2, 0.25) is 0 Å². The van der Waals surface area contributed by atoms with Gasteiger partial charge in [-0.3, -0.25) is 9.69 Å². The number of rotatable bonds is 2. The topological polar surface area (TPSA) is 61.4 Å². The molecule has 2 aliphatic heterocycles. The predicted molar refractivity (Wildman–Crippen MR) is 78.0 cm³/mol. The van der Waals surface area contributed by atoms with Crippen molar-refractivity contribution in [2.45, 2.75) is 24.9 Å². The van der Waals surface area contributed by atoms with Crippen LogP contribution >= 0.6 is 15.9 Å². The largest absolute Gasteiger partial charge is 0.325 e. The van der Waals surface area contributed by atoms with Gasteiger partial charge < -0.3 is 10.6 Å². The van der Waals surface area contributed by atoms with Gasteiger partial charge in [0.05, 0.1) is 6.54 Å². The second-order valence-electron chi connectivity index (χ2n) is 5.39. The SMILES string of the molecule is O=C1NC2(CCNCC2)C(=O)N1Cc1ccc(Br)cc1F. The molecule has 2 N–H and O–H groups in total. The Labute approximate surface area is 130 Å². The fraction of sp³-hybridized carbons (Fsp3) is 0.429. The minimum atomic E-state index is -0.811. The maximum absolute atomic E-state index is 13.9. The summed E-state index contributed by atoms with van der Waals surface area (Å²) >= 11 is 3.18. The van der Waals surface area contributed by atoms with E-state index in [0.29, 0.717) is 36.0 Å². The third kappa shape index (κ3) is 2.55. The predicted octanol–water partition coefficient (Wildman–Crippen LogP) is 1.76. The minimum absolute atomic E-state index is 0.0427. The first kappa shape index (κ1) is 14.5. The van der Waals surface area contributed by atoms with Crippen molar-refractivity contribution >= 4 is 27.9 Å². The molecule has 5 nitrogen and oxygen atoms in total. The van der Waals surface area contributed by atoms with Crippen molar-refractivity contribution in [3.05, 3.63) is 34.1 Å². The summed E-state index contributed by atoms with van der Waals surface area (Å²) in [6.07, 6.45) is 1.13. The Hall–Kier alpha value is -1.47. The van der Waals surface area contributed by atoms with Crippen LogP contribution in [0.25, 0.3) is 0 Å². The summed E-state index contributed by atoms with van der Waals surface area (Å²) in [5, 5.41) is 5.95. The standard InChI is InChI=1S/C14H15BrFN3O2/c15-10-2-1-9(11(16)7-10)8-19-12(20)14(18-13(19)21)3-5-17-6-4-14/h1-2,7,17H,3-6,8H2,(H,18,21). The molecule has 1 aromatic rings. The van der Waals surface area contributed by atoms with Gasteiger partial charge >= 0.3 is 6.03 Å². The van der Waals surface area contributed by atoms with Crippen LogP contribution in [-0.4, -0.2) is 35.5 Å². The van der Waals surface area contributed by atoms with Gasteiger partial charge in [0.25, 0.3) is 5.91 Å². The minimum Gasteiger partial charge on any atom is -0.323 e. The number of imide groups is 1. The lowest BCUT2D eigenvalue weighted by Gasteiger charge is -2.31. The van der Waals surface area contributed by atoms with Crippen LogP contribution in [-0.2, 0) is 11.3 Å². The molecule has 21 heavy (non-hydrogen) atoms. The third-order valence-corrected chi connectivity index (χ3v) is 4.54. The van der Waals surface area contributed by atoms with E-state index in [9.17, 15) is 14.0 Å². The maximum atomic E-state index is 13.9. The van der Waals surface area contributed by atoms with E-state index in [-0.39, 0.29) is 12.5 Å². The van der Waals surface area contributed by atoms with Crippen molar-refractivity contribution in [2.75, 3.05) is 13.1 Å². The van der Waals surface area contributed by atoms with E-state index in [4.69, 9.17) is 0 Å². The first-order valence-corrected chi connectivity index (χ1v) is 7.60. The van der Waals surface area contributed by atoms with Crippen LogP contribution in [0.5, 0.6) is 0 Å². The summed E-state index contributed by atoms with van der Waals surface area (Å²) in [4.78, 5) is 25.7. The monoisotopic (exact) mass is 355 g/mol. The molecule has 0 saturated carbocycles. The highest BCUT2D eigenvalue weighted by Crippen LogP contribution is 2.28. The molecule has 2 saturated heterocycles. The van der Waals surface area contributed by atoms with Gasteiger partial charge in [0, 0.05) is 10.0 Å². The molecule has 0 atom stereocenters. The van der Waals surface area contributed by atoms with Crippen molar-refractivity contribution < 1.29 is 14.0 Å². The fourth-order valence-corrected chi connectivity index (χ4v) is 3.17. The second kappa shape index (κ2) is 5.38. The number of halogens is 2. The molecule has 112 valence electrons. The van der Waals surface area contributed by atoms with Crippen molar-refractivity contribution in [2.24, 2.45) is 0 Å². The van der Waals surface area contributed by atoms with Crippen LogP contribution in [0, 0.1) is 5.82 Å². The summed E-state index contributed by atoms with van der Waals surface area (Å²) in [7, 11) is 0. The molecule has 0 bridgehead atoms. The first-order chi connectivity index (χ1) is 10.0. The van der Waals surface area contributed by atoms with Crippen LogP contribution in [0.1, 0.15) is 18.4 Å². The number of hydrogen-bond acceptors (Lipinski definition) is 3. The van der Waals surface area contributed by atoms with Crippen molar-refractivity contribution in [3.8, 4) is 0 Å². The van der Waals surface area contributed by atoms with E-state index in [2.05, 4.69) is 26.6 Å². The van der Waals surface area contributed by atoms with Gasteiger partial charge in [-0.2, -0.15) is 0 Å². The van der Waals surface area contributed by atoms with Crippen LogP contribution in [0.4, 0.5) is 9.18 Å². The molecule has 2 aliphatic rings. The average Bonchev–Trinajstić information content (AvgIpc) is 2.67. The smallest absolute Gasteiger partial charge is 0.323 e. The molecule has 2 heterocycles. The number of benzene rings is 1. The zero-order valence-electron chi connectivity index (χ0n) is 11.3. The highest BCUT2D eigenvalue weighted by atomic mass is 79.9. The lowest BCUT2D eigenvalue weighted by atomic mass is 9.88. The lowest BCUT2D eigenvalue weighted by Crippen LogP contribution is -2.53. The zero-order valence-corrected chi connectivity index (χ0v) is 12.9. The van der Waals surface area contributed by atoms with E-state index in [0.717, 1.165) is 4.90 Å². The van der Waals surface area contributed by atoms with Crippen molar-refractivity contribution in [1.82, 2.24) is 15.5 Å². The molecule has 2 fully saturated rings. The van der Waals surface area contributed by atoms with Crippen molar-refractivity contribution in [1.29, 1.82) is 0 Å². The van der Waals surface area contributed by atoms with Crippen molar-refractivity contribution in [3.63, 3.8) is 0 Å². The quantitative estimate of drug-likeness (QED) is 0.794. The number of urea groups is 1. The molecule has 3 amide bonds. The third-order valence-electron chi connectivity index (χ3n) is 4.05. The molecule has 7 heteroatoms. The van der Waals surface area contributed by atoms with Crippen LogP contribution < -0.4 is 10.6 Å². The molecular weight excluding hydrogens is 341 g/mol. The van der Waals surface area contributed by atoms with Gasteiger partial charge in [0.2, 0.25) is 0 Å². The molecular formula is C14H15BrFN3O2. The molecule has 0 unspecified atom stereocenters. The van der Waals surface area contributed by atoms with E-state index < -0.39 is 17.4 Å². The average molecular weight is 356 g/mol. The molecule has 3 rings (SSSR count). The summed E-state index contributed by atoms with van der Waals surface area (Å²) < 4.78 is 14.5. The molecule has 0 aliphatic carbocycles. The van der Waals surface area contributed by atoms with E-state index in [1.165, 1.54) is 6.07 Å². The summed E-state index contributed by atoms with van der Waals surface area (Å²) in [5.41, 5.74) is -0.485. The van der Waals surface area contributed by atoms with E-state index in [1.807, 2.05) is 0 Å². The van der Waals surface area contributed by atoms with E-state index in [1.54, 1.807) is 12.1 Å². The maximum Gasteiger partial charge on any atom is 0.325 e. The Bertz CT molecular complexity index is 602. The van der Waals surface area contributed by atoms with Gasteiger partial charge in [-0.1, -0.05) is 22.0 Å². The molecule has 0 radical (unpaired) electrons. The van der Waals surface area contributed by atoms with Gasteiger partial charge in [-0.25, -0.2) is 9.18 Å². The summed E-state index contributed by atoms with van der Waals surface area (Å²) in [6.45, 7) is 1.33. The number of carbonyl (C=O) groups excluding carboxylic acids is 2. The number of amides is 3. The molecule has 1 spiro atoms.